The monoisotopic (exact) mass is 159 g/mol. The smallest absolute Gasteiger partial charge is 0.293 e. The van der Waals surface area contributed by atoms with E-state index in [1.54, 1.807) is 0 Å². The lowest BCUT2D eigenvalue weighted by Gasteiger charge is -2.13. The van der Waals surface area contributed by atoms with Crippen LogP contribution in [-0.4, -0.2) is 37.6 Å². The lowest BCUT2D eigenvalue weighted by molar-refractivity contribution is -0.138. The Hall–Kier alpha value is -0.940. The molecule has 1 heterocycles. The second kappa shape index (κ2) is 3.45. The molecule has 1 fully saturated rings. The van der Waals surface area contributed by atoms with E-state index in [4.69, 9.17) is 10.5 Å². The van der Waals surface area contributed by atoms with Crippen molar-refractivity contribution < 1.29 is 19.1 Å². The van der Waals surface area contributed by atoms with Gasteiger partial charge < -0.3 is 20.0 Å². The van der Waals surface area contributed by atoms with Gasteiger partial charge in [-0.05, 0) is 0 Å². The first kappa shape index (κ1) is 8.16. The van der Waals surface area contributed by atoms with Crippen molar-refractivity contribution >= 4 is 12.8 Å². The Kier molecular flexibility index (Phi) is 2.56. The Morgan fingerprint density at radius 2 is 2.27 bits per heavy atom. The fourth-order valence-electron chi connectivity index (χ4n) is 1.01. The third-order valence-electron chi connectivity index (χ3n) is 1.57. The van der Waals surface area contributed by atoms with Gasteiger partial charge in [0.05, 0.1) is 12.6 Å². The van der Waals surface area contributed by atoms with Crippen molar-refractivity contribution in [2.45, 2.75) is 18.2 Å². The van der Waals surface area contributed by atoms with Crippen molar-refractivity contribution in [3.8, 4) is 0 Å². The number of carbonyl (C=O) groups is 2. The second-order valence-electron chi connectivity index (χ2n) is 2.29. The van der Waals surface area contributed by atoms with E-state index in [9.17, 15) is 9.59 Å². The molecule has 2 N–H and O–H groups in total. The van der Waals surface area contributed by atoms with Crippen molar-refractivity contribution in [3.05, 3.63) is 0 Å². The lowest BCUT2D eigenvalue weighted by atomic mass is 10.1. The molecular weight excluding hydrogens is 150 g/mol. The predicted octanol–water partition coefficient (Wildman–Crippen LogP) is -1.55. The molecule has 62 valence electrons. The zero-order valence-corrected chi connectivity index (χ0v) is 5.80. The minimum Gasteiger partial charge on any atom is -0.460 e. The van der Waals surface area contributed by atoms with Gasteiger partial charge in [-0.3, -0.25) is 4.79 Å². The summed E-state index contributed by atoms with van der Waals surface area (Å²) in [6.45, 7) is 0.525. The van der Waals surface area contributed by atoms with Crippen LogP contribution in [0.15, 0.2) is 0 Å². The van der Waals surface area contributed by atoms with Crippen LogP contribution in [-0.2, 0) is 19.1 Å². The summed E-state index contributed by atoms with van der Waals surface area (Å²) in [4.78, 5) is 20.2. The van der Waals surface area contributed by atoms with E-state index in [0.29, 0.717) is 6.29 Å². The van der Waals surface area contributed by atoms with E-state index in [-0.39, 0.29) is 13.1 Å². The number of hydrogen-bond acceptors (Lipinski definition) is 5. The molecule has 1 aliphatic rings. The molecule has 0 amide bonds. The topological polar surface area (TPSA) is 78.6 Å². The largest absolute Gasteiger partial charge is 0.460 e. The molecule has 0 aliphatic carbocycles. The number of rotatable bonds is 3. The predicted molar refractivity (Wildman–Crippen MR) is 34.7 cm³/mol. The normalized spacial score (nSPS) is 36.6. The van der Waals surface area contributed by atoms with Crippen LogP contribution in [0.4, 0.5) is 0 Å². The summed E-state index contributed by atoms with van der Waals surface area (Å²) in [5, 5.41) is 0. The summed E-state index contributed by atoms with van der Waals surface area (Å²) in [7, 11) is 0. The van der Waals surface area contributed by atoms with Crippen LogP contribution >= 0.6 is 0 Å². The lowest BCUT2D eigenvalue weighted by Crippen LogP contribution is -2.39. The van der Waals surface area contributed by atoms with Crippen LogP contribution in [0, 0.1) is 0 Å². The number of carbonyl (C=O) groups excluding carboxylic acids is 2. The molecule has 0 unspecified atom stereocenters. The van der Waals surface area contributed by atoms with Crippen LogP contribution in [0.25, 0.3) is 0 Å². The quantitative estimate of drug-likeness (QED) is 0.504. The van der Waals surface area contributed by atoms with E-state index >= 15 is 0 Å². The van der Waals surface area contributed by atoms with Crippen molar-refractivity contribution in [2.75, 3.05) is 6.61 Å². The van der Waals surface area contributed by atoms with E-state index in [1.807, 2.05) is 0 Å². The number of hydrogen-bond donors (Lipinski definition) is 1. The Morgan fingerprint density at radius 1 is 1.55 bits per heavy atom. The standard InChI is InChI=1S/C6H9NO4/c7-4-2-10-5(1-8)6(4)11-3-9/h1,3-6H,2,7H2/t4-,5-,6-/m1/s1. The highest BCUT2D eigenvalue weighted by Crippen LogP contribution is 2.13. The average Bonchev–Trinajstić information content (AvgIpc) is 2.34. The Bertz CT molecular complexity index is 161. The molecule has 1 saturated heterocycles. The molecule has 0 radical (unpaired) electrons. The van der Waals surface area contributed by atoms with Crippen LogP contribution in [0.1, 0.15) is 0 Å². The molecule has 0 aromatic heterocycles. The van der Waals surface area contributed by atoms with E-state index in [2.05, 4.69) is 4.74 Å². The molecule has 0 bridgehead atoms. The molecule has 0 spiro atoms. The third kappa shape index (κ3) is 1.55. The number of nitrogens with two attached hydrogens (primary N) is 1. The van der Waals surface area contributed by atoms with Gasteiger partial charge in [-0.1, -0.05) is 0 Å². The molecule has 5 heteroatoms. The number of ether oxygens (including phenoxy) is 2. The first-order valence-corrected chi connectivity index (χ1v) is 3.21. The van der Waals surface area contributed by atoms with E-state index in [1.165, 1.54) is 0 Å². The minimum atomic E-state index is -0.699. The fraction of sp³-hybridized carbons (Fsp3) is 0.667. The van der Waals surface area contributed by atoms with Gasteiger partial charge in [0.2, 0.25) is 0 Å². The summed E-state index contributed by atoms with van der Waals surface area (Å²) in [5.74, 6) is 0. The second-order valence-corrected chi connectivity index (χ2v) is 2.29. The van der Waals surface area contributed by atoms with Crippen LogP contribution < -0.4 is 5.73 Å². The summed E-state index contributed by atoms with van der Waals surface area (Å²) in [6, 6.07) is -0.393. The maximum atomic E-state index is 10.3. The van der Waals surface area contributed by atoms with Crippen molar-refractivity contribution in [1.29, 1.82) is 0 Å². The van der Waals surface area contributed by atoms with Gasteiger partial charge in [-0.25, -0.2) is 0 Å². The molecule has 3 atom stereocenters. The summed E-state index contributed by atoms with van der Waals surface area (Å²) in [5.41, 5.74) is 5.46. The first-order valence-electron chi connectivity index (χ1n) is 3.21. The zero-order chi connectivity index (χ0) is 8.27. The van der Waals surface area contributed by atoms with Gasteiger partial charge in [0.15, 0.2) is 18.5 Å². The van der Waals surface area contributed by atoms with Crippen LogP contribution in [0.5, 0.6) is 0 Å². The van der Waals surface area contributed by atoms with E-state index in [0.717, 1.165) is 0 Å². The SMILES string of the molecule is N[C@@H]1CO[C@H](C=O)[C@@H]1OC=O. The van der Waals surface area contributed by atoms with Gasteiger partial charge in [0, 0.05) is 0 Å². The molecule has 5 nitrogen and oxygen atoms in total. The Labute approximate surface area is 63.4 Å². The highest BCUT2D eigenvalue weighted by Gasteiger charge is 2.36. The van der Waals surface area contributed by atoms with Crippen molar-refractivity contribution in [2.24, 2.45) is 5.73 Å². The minimum absolute atomic E-state index is 0.252. The summed E-state index contributed by atoms with van der Waals surface area (Å²) >= 11 is 0. The van der Waals surface area contributed by atoms with Crippen LogP contribution in [0.3, 0.4) is 0 Å². The molecule has 0 aromatic carbocycles. The average molecular weight is 159 g/mol. The number of aldehydes is 1. The maximum absolute atomic E-state index is 10.3. The highest BCUT2D eigenvalue weighted by atomic mass is 16.6. The van der Waals surface area contributed by atoms with Crippen molar-refractivity contribution in [1.82, 2.24) is 0 Å². The molecule has 1 aliphatic heterocycles. The van der Waals surface area contributed by atoms with Gasteiger partial charge in [-0.2, -0.15) is 0 Å². The van der Waals surface area contributed by atoms with E-state index < -0.39 is 18.2 Å². The Morgan fingerprint density at radius 3 is 2.82 bits per heavy atom. The molecule has 11 heavy (non-hydrogen) atoms. The highest BCUT2D eigenvalue weighted by molar-refractivity contribution is 5.58. The summed E-state index contributed by atoms with van der Waals surface area (Å²) < 4.78 is 9.46. The first-order chi connectivity index (χ1) is 5.29. The molecule has 0 saturated carbocycles. The summed E-state index contributed by atoms with van der Waals surface area (Å²) in [6.07, 6.45) is -0.735. The zero-order valence-electron chi connectivity index (χ0n) is 5.80. The van der Waals surface area contributed by atoms with Gasteiger partial charge >= 0.3 is 0 Å². The molecule has 0 aromatic rings. The molecular formula is C6H9NO4. The molecule has 1 rings (SSSR count). The van der Waals surface area contributed by atoms with Crippen LogP contribution in [0.2, 0.25) is 0 Å². The van der Waals surface area contributed by atoms with Gasteiger partial charge in [0.25, 0.3) is 6.47 Å². The van der Waals surface area contributed by atoms with Gasteiger partial charge in [-0.15, -0.1) is 0 Å². The maximum Gasteiger partial charge on any atom is 0.293 e. The Balaban J connectivity index is 2.54. The van der Waals surface area contributed by atoms with Crippen molar-refractivity contribution in [3.63, 3.8) is 0 Å². The van der Waals surface area contributed by atoms with Gasteiger partial charge in [0.1, 0.15) is 0 Å². The third-order valence-corrected chi connectivity index (χ3v) is 1.57. The fourth-order valence-corrected chi connectivity index (χ4v) is 1.01.